The number of nitrogens with one attached hydrogen (secondary N) is 2. The molecular weight excluding hydrogens is 390 g/mol. The lowest BCUT2D eigenvalue weighted by molar-refractivity contribution is 0.0530. The minimum absolute atomic E-state index is 0.442. The number of thiophene rings is 1. The van der Waals surface area contributed by atoms with Gasteiger partial charge in [0.1, 0.15) is 4.88 Å². The number of hydrogen-bond donors (Lipinski definition) is 2. The van der Waals surface area contributed by atoms with E-state index in [1.54, 1.807) is 11.3 Å². The second kappa shape index (κ2) is 8.88. The van der Waals surface area contributed by atoms with E-state index in [1.807, 2.05) is 11.4 Å². The number of rotatable bonds is 6. The Bertz CT molecular complexity index is 790. The highest BCUT2D eigenvalue weighted by molar-refractivity contribution is 7.80. The Hall–Kier alpha value is -1.51. The van der Waals surface area contributed by atoms with Crippen LogP contribution < -0.4 is 10.6 Å². The summed E-state index contributed by atoms with van der Waals surface area (Å²) in [7, 11) is 2.28. The third-order valence-electron chi connectivity index (χ3n) is 6.00. The van der Waals surface area contributed by atoms with Gasteiger partial charge in [-0.1, -0.05) is 24.9 Å². The van der Waals surface area contributed by atoms with Crippen LogP contribution in [0.2, 0.25) is 0 Å². The lowest BCUT2D eigenvalue weighted by Crippen LogP contribution is -2.55. The zero-order chi connectivity index (χ0) is 19.5. The summed E-state index contributed by atoms with van der Waals surface area (Å²) in [4.78, 5) is 8.06. The number of unbranched alkanes of at least 4 members (excludes halogenated alkanes) is 1. The largest absolute Gasteiger partial charge is 0.360 e. The standard InChI is InChI=1S/C20H29N5OS2/c1-3-4-8-17-23-19(26-24-17)18-16(9-10-28-18)22-20(27)21-13-11-14-6-5-7-15(12-13)25(14)2/h9-10,13-15H,3-8,11-12H2,1-2H3,(H2,21,22,27)/t13?,14-,15+. The van der Waals surface area contributed by atoms with Gasteiger partial charge in [0.2, 0.25) is 0 Å². The first-order valence-electron chi connectivity index (χ1n) is 10.3. The molecule has 8 heteroatoms. The van der Waals surface area contributed by atoms with Crippen LogP contribution in [-0.2, 0) is 6.42 Å². The van der Waals surface area contributed by atoms with E-state index in [1.165, 1.54) is 19.3 Å². The number of fused-ring (bicyclic) bond motifs is 2. The van der Waals surface area contributed by atoms with Gasteiger partial charge in [0.05, 0.1) is 5.69 Å². The molecule has 1 unspecified atom stereocenters. The summed E-state index contributed by atoms with van der Waals surface area (Å²) >= 11 is 7.21. The third-order valence-corrected chi connectivity index (χ3v) is 7.13. The van der Waals surface area contributed by atoms with Crippen LogP contribution in [0.15, 0.2) is 16.0 Å². The second-order valence-corrected chi connectivity index (χ2v) is 9.28. The average Bonchev–Trinajstić information content (AvgIpc) is 3.30. The number of aromatic nitrogens is 2. The summed E-state index contributed by atoms with van der Waals surface area (Å²) in [6, 6.07) is 3.83. The van der Waals surface area contributed by atoms with Gasteiger partial charge in [-0.15, -0.1) is 11.3 Å². The maximum absolute atomic E-state index is 5.62. The Kier molecular flexibility index (Phi) is 6.28. The maximum atomic E-state index is 5.62. The molecule has 2 aliphatic heterocycles. The fourth-order valence-corrected chi connectivity index (χ4v) is 5.48. The first-order valence-corrected chi connectivity index (χ1v) is 11.6. The van der Waals surface area contributed by atoms with Crippen LogP contribution in [-0.4, -0.2) is 45.3 Å². The van der Waals surface area contributed by atoms with E-state index in [-0.39, 0.29) is 0 Å². The van der Waals surface area contributed by atoms with Gasteiger partial charge in [-0.25, -0.2) is 0 Å². The van der Waals surface area contributed by atoms with Crippen LogP contribution >= 0.6 is 23.6 Å². The molecule has 0 radical (unpaired) electrons. The zero-order valence-electron chi connectivity index (χ0n) is 16.6. The van der Waals surface area contributed by atoms with Gasteiger partial charge in [0.15, 0.2) is 10.9 Å². The Morgan fingerprint density at radius 3 is 2.89 bits per heavy atom. The van der Waals surface area contributed by atoms with Crippen molar-refractivity contribution in [3.05, 3.63) is 17.3 Å². The quantitative estimate of drug-likeness (QED) is 0.671. The highest BCUT2D eigenvalue weighted by Gasteiger charge is 2.36. The molecule has 4 heterocycles. The first kappa shape index (κ1) is 19.8. The Morgan fingerprint density at radius 2 is 2.14 bits per heavy atom. The lowest BCUT2D eigenvalue weighted by atomic mass is 9.82. The molecule has 2 N–H and O–H groups in total. The van der Waals surface area contributed by atoms with E-state index in [4.69, 9.17) is 16.7 Å². The molecule has 0 aromatic carbocycles. The molecule has 3 atom stereocenters. The van der Waals surface area contributed by atoms with E-state index in [0.717, 1.165) is 48.5 Å². The molecule has 2 bridgehead atoms. The molecule has 0 spiro atoms. The number of nitrogens with zero attached hydrogens (tertiary/aromatic N) is 3. The topological polar surface area (TPSA) is 66.2 Å². The molecule has 2 aromatic rings. The smallest absolute Gasteiger partial charge is 0.270 e. The van der Waals surface area contributed by atoms with Crippen molar-refractivity contribution in [1.82, 2.24) is 20.4 Å². The van der Waals surface area contributed by atoms with Gasteiger partial charge in [0, 0.05) is 24.5 Å². The van der Waals surface area contributed by atoms with Crippen molar-refractivity contribution in [2.24, 2.45) is 0 Å². The summed E-state index contributed by atoms with van der Waals surface area (Å²) in [5.41, 5.74) is 0.932. The zero-order valence-corrected chi connectivity index (χ0v) is 18.2. The van der Waals surface area contributed by atoms with Crippen LogP contribution in [0.5, 0.6) is 0 Å². The predicted octanol–water partition coefficient (Wildman–Crippen LogP) is 4.44. The van der Waals surface area contributed by atoms with Crippen molar-refractivity contribution in [2.45, 2.75) is 76.4 Å². The van der Waals surface area contributed by atoms with Crippen molar-refractivity contribution >= 4 is 34.4 Å². The third kappa shape index (κ3) is 4.39. The SMILES string of the molecule is CCCCc1noc(-c2sccc2NC(=S)NC2C[C@H]3CCC[C@@H](C2)N3C)n1. The van der Waals surface area contributed by atoms with Crippen LogP contribution in [0.4, 0.5) is 5.69 Å². The van der Waals surface area contributed by atoms with E-state index >= 15 is 0 Å². The van der Waals surface area contributed by atoms with Crippen LogP contribution in [0.25, 0.3) is 10.8 Å². The molecule has 0 amide bonds. The average molecular weight is 420 g/mol. The Balaban J connectivity index is 1.37. The van der Waals surface area contributed by atoms with Crippen molar-refractivity contribution < 1.29 is 4.52 Å². The highest BCUT2D eigenvalue weighted by Crippen LogP contribution is 2.34. The van der Waals surface area contributed by atoms with Crippen LogP contribution in [0.1, 0.15) is 57.7 Å². The number of thiocarbonyl (C=S) groups is 1. The van der Waals surface area contributed by atoms with Gasteiger partial charge in [-0.05, 0) is 62.8 Å². The minimum atomic E-state index is 0.442. The van der Waals surface area contributed by atoms with E-state index in [9.17, 15) is 0 Å². The predicted molar refractivity (Wildman–Crippen MR) is 118 cm³/mol. The van der Waals surface area contributed by atoms with Crippen LogP contribution in [0, 0.1) is 0 Å². The highest BCUT2D eigenvalue weighted by atomic mass is 32.1. The molecule has 2 saturated heterocycles. The van der Waals surface area contributed by atoms with Gasteiger partial charge >= 0.3 is 0 Å². The summed E-state index contributed by atoms with van der Waals surface area (Å²) in [5, 5.41) is 13.7. The monoisotopic (exact) mass is 419 g/mol. The summed E-state index contributed by atoms with van der Waals surface area (Å²) in [6.45, 7) is 2.16. The van der Waals surface area contributed by atoms with Gasteiger partial charge in [-0.2, -0.15) is 4.98 Å². The molecular formula is C20H29N5OS2. The molecule has 28 heavy (non-hydrogen) atoms. The first-order chi connectivity index (χ1) is 13.6. The van der Waals surface area contributed by atoms with E-state index in [0.29, 0.717) is 29.1 Å². The van der Waals surface area contributed by atoms with E-state index < -0.39 is 0 Å². The van der Waals surface area contributed by atoms with E-state index in [2.05, 4.69) is 39.6 Å². The summed E-state index contributed by atoms with van der Waals surface area (Å²) in [5.74, 6) is 1.34. The Morgan fingerprint density at radius 1 is 1.36 bits per heavy atom. The van der Waals surface area contributed by atoms with Crippen LogP contribution in [0.3, 0.4) is 0 Å². The molecule has 2 fully saturated rings. The fraction of sp³-hybridized carbons (Fsp3) is 0.650. The molecule has 2 aliphatic rings. The molecule has 152 valence electrons. The Labute approximate surface area is 176 Å². The van der Waals surface area contributed by atoms with Crippen molar-refractivity contribution in [1.29, 1.82) is 0 Å². The number of aryl methyl sites for hydroxylation is 1. The molecule has 4 rings (SSSR count). The van der Waals surface area contributed by atoms with Gasteiger partial charge < -0.3 is 20.1 Å². The summed E-state index contributed by atoms with van der Waals surface area (Å²) in [6.07, 6.45) is 9.33. The molecule has 6 nitrogen and oxygen atoms in total. The second-order valence-electron chi connectivity index (χ2n) is 7.95. The lowest BCUT2D eigenvalue weighted by Gasteiger charge is -2.47. The van der Waals surface area contributed by atoms with Crippen molar-refractivity contribution in [3.8, 4) is 10.8 Å². The summed E-state index contributed by atoms with van der Waals surface area (Å²) < 4.78 is 5.48. The number of anilines is 1. The maximum Gasteiger partial charge on any atom is 0.270 e. The van der Waals surface area contributed by atoms with Crippen molar-refractivity contribution in [2.75, 3.05) is 12.4 Å². The van der Waals surface area contributed by atoms with Gasteiger partial charge in [-0.3, -0.25) is 0 Å². The normalized spacial score (nSPS) is 24.9. The minimum Gasteiger partial charge on any atom is -0.360 e. The molecule has 0 saturated carbocycles. The molecule has 0 aliphatic carbocycles. The van der Waals surface area contributed by atoms with Gasteiger partial charge in [0.25, 0.3) is 5.89 Å². The number of hydrogen-bond acceptors (Lipinski definition) is 6. The fourth-order valence-electron chi connectivity index (χ4n) is 4.43. The number of piperidine rings is 2. The van der Waals surface area contributed by atoms with Crippen molar-refractivity contribution in [3.63, 3.8) is 0 Å². The molecule has 2 aromatic heterocycles.